The van der Waals surface area contributed by atoms with E-state index in [1.165, 1.54) is 12.1 Å². The lowest BCUT2D eigenvalue weighted by Crippen LogP contribution is -2.44. The van der Waals surface area contributed by atoms with Crippen LogP contribution in [0, 0.1) is 6.92 Å². The van der Waals surface area contributed by atoms with Gasteiger partial charge in [0.2, 0.25) is 10.0 Å². The Bertz CT molecular complexity index is 807. The van der Waals surface area contributed by atoms with Crippen LogP contribution >= 0.6 is 0 Å². The summed E-state index contributed by atoms with van der Waals surface area (Å²) in [5, 5.41) is 9.58. The highest BCUT2D eigenvalue weighted by Crippen LogP contribution is 2.15. The first-order chi connectivity index (χ1) is 11.3. The Kier molecular flexibility index (Phi) is 4.68. The van der Waals surface area contributed by atoms with Gasteiger partial charge in [0.05, 0.1) is 17.1 Å². The van der Waals surface area contributed by atoms with Crippen LogP contribution in [0.3, 0.4) is 0 Å². The van der Waals surface area contributed by atoms with Crippen LogP contribution in [-0.2, 0) is 16.6 Å². The molecule has 2 heterocycles. The van der Waals surface area contributed by atoms with Crippen LogP contribution in [-0.4, -0.2) is 66.2 Å². The second kappa shape index (κ2) is 6.60. The zero-order chi connectivity index (χ0) is 17.3. The number of sulfonamides is 1. The highest BCUT2D eigenvalue weighted by atomic mass is 32.2. The van der Waals surface area contributed by atoms with Crippen molar-refractivity contribution >= 4 is 10.0 Å². The number of nitrogens with two attached hydrogens (primary N) is 1. The van der Waals surface area contributed by atoms with Crippen molar-refractivity contribution in [3.63, 3.8) is 0 Å². The van der Waals surface area contributed by atoms with E-state index in [0.717, 1.165) is 37.7 Å². The Morgan fingerprint density at radius 1 is 1.12 bits per heavy atom. The fraction of sp³-hybridized carbons (Fsp3) is 0.467. The maximum absolute atomic E-state index is 11.4. The predicted molar refractivity (Wildman–Crippen MR) is 90.2 cm³/mol. The normalized spacial score (nSPS) is 17.3. The molecule has 2 N–H and O–H groups in total. The quantitative estimate of drug-likeness (QED) is 0.832. The van der Waals surface area contributed by atoms with Crippen LogP contribution in [0.25, 0.3) is 5.69 Å². The summed E-state index contributed by atoms with van der Waals surface area (Å²) in [7, 11) is -1.57. The molecular weight excluding hydrogens is 328 g/mol. The van der Waals surface area contributed by atoms with E-state index in [1.807, 2.05) is 6.92 Å². The van der Waals surface area contributed by atoms with Crippen molar-refractivity contribution in [3.8, 4) is 5.69 Å². The number of benzene rings is 1. The van der Waals surface area contributed by atoms with Crippen LogP contribution in [0.5, 0.6) is 0 Å². The molecule has 1 fully saturated rings. The minimum absolute atomic E-state index is 0.0868. The molecule has 1 aromatic heterocycles. The van der Waals surface area contributed by atoms with Crippen molar-refractivity contribution < 1.29 is 8.42 Å². The second-order valence-corrected chi connectivity index (χ2v) is 7.67. The first kappa shape index (κ1) is 17.0. The predicted octanol–water partition coefficient (Wildman–Crippen LogP) is -0.0295. The largest absolute Gasteiger partial charge is 0.304 e. The topological polar surface area (TPSA) is 97.4 Å². The molecule has 9 heteroatoms. The Hall–Kier alpha value is -1.81. The molecule has 1 aliphatic heterocycles. The lowest BCUT2D eigenvalue weighted by molar-refractivity contribution is 0.144. The van der Waals surface area contributed by atoms with E-state index in [4.69, 9.17) is 5.14 Å². The minimum Gasteiger partial charge on any atom is -0.304 e. The number of piperazine rings is 1. The molecule has 0 amide bonds. The molecule has 0 radical (unpaired) electrons. The molecule has 0 atom stereocenters. The SMILES string of the molecule is Cc1nc(CN2CCN(C)CC2)n(-c2ccc(S(N)(=O)=O)cc2)n1. The molecule has 130 valence electrons. The zero-order valence-electron chi connectivity index (χ0n) is 13.9. The molecule has 3 rings (SSSR count). The smallest absolute Gasteiger partial charge is 0.238 e. The number of nitrogens with zero attached hydrogens (tertiary/aromatic N) is 5. The summed E-state index contributed by atoms with van der Waals surface area (Å²) in [6.45, 7) is 6.63. The standard InChI is InChI=1S/C15H22N6O2S/c1-12-17-15(11-20-9-7-19(2)8-10-20)21(18-12)13-3-5-14(6-4-13)24(16,22)23/h3-6H,7-11H2,1-2H3,(H2,16,22,23). The van der Waals surface area contributed by atoms with Crippen LogP contribution in [0.2, 0.25) is 0 Å². The molecule has 0 spiro atoms. The van der Waals surface area contributed by atoms with E-state index in [9.17, 15) is 8.42 Å². The van der Waals surface area contributed by atoms with Gasteiger partial charge in [0.25, 0.3) is 0 Å². The molecule has 0 unspecified atom stereocenters. The van der Waals surface area contributed by atoms with Crippen LogP contribution < -0.4 is 5.14 Å². The third kappa shape index (κ3) is 3.81. The number of hydrogen-bond acceptors (Lipinski definition) is 6. The van der Waals surface area contributed by atoms with Gasteiger partial charge in [-0.2, -0.15) is 5.10 Å². The van der Waals surface area contributed by atoms with Crippen LogP contribution in [0.4, 0.5) is 0 Å². The molecule has 0 aliphatic carbocycles. The third-order valence-electron chi connectivity index (χ3n) is 4.15. The number of hydrogen-bond donors (Lipinski definition) is 1. The van der Waals surface area contributed by atoms with Crippen molar-refractivity contribution in [1.82, 2.24) is 24.6 Å². The molecule has 1 saturated heterocycles. The van der Waals surface area contributed by atoms with Gasteiger partial charge in [0.15, 0.2) is 0 Å². The molecule has 8 nitrogen and oxygen atoms in total. The van der Waals surface area contributed by atoms with E-state index in [-0.39, 0.29) is 4.90 Å². The van der Waals surface area contributed by atoms with Gasteiger partial charge in [0, 0.05) is 26.2 Å². The number of aryl methyl sites for hydroxylation is 1. The minimum atomic E-state index is -3.69. The van der Waals surface area contributed by atoms with Crippen molar-refractivity contribution in [1.29, 1.82) is 0 Å². The first-order valence-electron chi connectivity index (χ1n) is 7.79. The summed E-state index contributed by atoms with van der Waals surface area (Å²) >= 11 is 0. The highest BCUT2D eigenvalue weighted by Gasteiger charge is 2.18. The monoisotopic (exact) mass is 350 g/mol. The Morgan fingerprint density at radius 2 is 1.75 bits per heavy atom. The molecular formula is C15H22N6O2S. The van der Waals surface area contributed by atoms with Gasteiger partial charge >= 0.3 is 0 Å². The first-order valence-corrected chi connectivity index (χ1v) is 9.34. The highest BCUT2D eigenvalue weighted by molar-refractivity contribution is 7.89. The molecule has 1 aromatic carbocycles. The molecule has 24 heavy (non-hydrogen) atoms. The molecule has 1 aliphatic rings. The lowest BCUT2D eigenvalue weighted by atomic mass is 10.3. The van der Waals surface area contributed by atoms with E-state index < -0.39 is 10.0 Å². The van der Waals surface area contributed by atoms with Crippen LogP contribution in [0.15, 0.2) is 29.2 Å². The average molecular weight is 350 g/mol. The summed E-state index contributed by atoms with van der Waals surface area (Å²) in [6.07, 6.45) is 0. The van der Waals surface area contributed by atoms with Gasteiger partial charge in [0.1, 0.15) is 11.6 Å². The van der Waals surface area contributed by atoms with Gasteiger partial charge in [-0.15, -0.1) is 0 Å². The van der Waals surface area contributed by atoms with Gasteiger partial charge in [-0.25, -0.2) is 23.2 Å². The van der Waals surface area contributed by atoms with E-state index in [1.54, 1.807) is 16.8 Å². The molecule has 2 aromatic rings. The van der Waals surface area contributed by atoms with Crippen molar-refractivity contribution in [2.24, 2.45) is 5.14 Å². The second-order valence-electron chi connectivity index (χ2n) is 6.11. The van der Waals surface area contributed by atoms with Gasteiger partial charge in [-0.1, -0.05) is 0 Å². The van der Waals surface area contributed by atoms with Gasteiger partial charge < -0.3 is 4.90 Å². The number of aromatic nitrogens is 3. The summed E-state index contributed by atoms with van der Waals surface area (Å²) in [4.78, 5) is 9.26. The van der Waals surface area contributed by atoms with Gasteiger partial charge in [-0.3, -0.25) is 4.90 Å². The number of rotatable bonds is 4. The van der Waals surface area contributed by atoms with Crippen molar-refractivity contribution in [2.75, 3.05) is 33.2 Å². The summed E-state index contributed by atoms with van der Waals surface area (Å²) in [6, 6.07) is 6.37. The zero-order valence-corrected chi connectivity index (χ0v) is 14.7. The van der Waals surface area contributed by atoms with E-state index in [0.29, 0.717) is 12.4 Å². The summed E-state index contributed by atoms with van der Waals surface area (Å²) in [5.41, 5.74) is 0.770. The fourth-order valence-corrected chi connectivity index (χ4v) is 3.27. The third-order valence-corrected chi connectivity index (χ3v) is 5.08. The number of likely N-dealkylation sites (N-methyl/N-ethyl adjacent to an activating group) is 1. The Morgan fingerprint density at radius 3 is 2.33 bits per heavy atom. The molecule has 0 saturated carbocycles. The van der Waals surface area contributed by atoms with E-state index in [2.05, 4.69) is 26.9 Å². The van der Waals surface area contributed by atoms with Crippen LogP contribution in [0.1, 0.15) is 11.6 Å². The lowest BCUT2D eigenvalue weighted by Gasteiger charge is -2.31. The maximum Gasteiger partial charge on any atom is 0.238 e. The van der Waals surface area contributed by atoms with Gasteiger partial charge in [-0.05, 0) is 38.2 Å². The average Bonchev–Trinajstić information content (AvgIpc) is 2.89. The number of primary sulfonamides is 1. The van der Waals surface area contributed by atoms with E-state index >= 15 is 0 Å². The maximum atomic E-state index is 11.4. The molecule has 0 bridgehead atoms. The Labute approximate surface area is 141 Å². The van der Waals surface area contributed by atoms with Crippen molar-refractivity contribution in [3.05, 3.63) is 35.9 Å². The Balaban J connectivity index is 1.83. The summed E-state index contributed by atoms with van der Waals surface area (Å²) in [5.74, 6) is 1.54. The summed E-state index contributed by atoms with van der Waals surface area (Å²) < 4.78 is 24.5. The fourth-order valence-electron chi connectivity index (χ4n) is 2.75. The van der Waals surface area contributed by atoms with Crippen molar-refractivity contribution in [2.45, 2.75) is 18.4 Å².